The highest BCUT2D eigenvalue weighted by atomic mass is 32.2. The van der Waals surface area contributed by atoms with E-state index in [4.69, 9.17) is 24.4 Å². The molecule has 3 aromatic carbocycles. The van der Waals surface area contributed by atoms with Crippen molar-refractivity contribution in [3.8, 4) is 23.0 Å². The molecule has 9 nitrogen and oxygen atoms in total. The molecular weight excluding hydrogens is 528 g/mol. The Bertz CT molecular complexity index is 1530. The second-order valence-corrected chi connectivity index (χ2v) is 9.73. The van der Waals surface area contributed by atoms with Gasteiger partial charge < -0.3 is 18.9 Å². The highest BCUT2D eigenvalue weighted by Gasteiger charge is 2.36. The Labute approximate surface area is 236 Å². The number of amidine groups is 2. The van der Waals surface area contributed by atoms with Crippen LogP contribution >= 0.6 is 11.8 Å². The number of thioether (sulfide) groups is 1. The molecule has 0 atom stereocenters. The minimum absolute atomic E-state index is 0.0311. The molecule has 40 heavy (non-hydrogen) atoms. The molecule has 0 unspecified atom stereocenters. The second kappa shape index (κ2) is 12.1. The van der Waals surface area contributed by atoms with Crippen molar-refractivity contribution in [2.45, 2.75) is 13.8 Å². The third kappa shape index (κ3) is 5.86. The number of rotatable bonds is 10. The number of amides is 1. The summed E-state index contributed by atoms with van der Waals surface area (Å²) < 4.78 is 22.8. The van der Waals surface area contributed by atoms with Gasteiger partial charge in [-0.15, -0.1) is 0 Å². The molecule has 0 bridgehead atoms. The minimum Gasteiger partial charge on any atom is -0.493 e. The smallest absolute Gasteiger partial charge is 0.283 e. The predicted molar refractivity (Wildman–Crippen MR) is 157 cm³/mol. The number of hydrogen-bond acceptors (Lipinski definition) is 8. The molecule has 1 N–H and O–H groups in total. The van der Waals surface area contributed by atoms with E-state index in [1.54, 1.807) is 31.4 Å². The number of carbonyl (C=O) groups is 1. The molecule has 5 rings (SSSR count). The van der Waals surface area contributed by atoms with Crippen LogP contribution < -0.4 is 18.9 Å². The molecule has 3 aromatic rings. The molecule has 0 aromatic heterocycles. The fraction of sp³-hybridized carbons (Fsp3) is 0.200. The number of methoxy groups -OCH3 is 1. The van der Waals surface area contributed by atoms with Crippen molar-refractivity contribution in [1.29, 1.82) is 5.41 Å². The zero-order valence-electron chi connectivity index (χ0n) is 22.3. The Morgan fingerprint density at radius 1 is 0.925 bits per heavy atom. The van der Waals surface area contributed by atoms with Crippen LogP contribution in [0.1, 0.15) is 23.6 Å². The van der Waals surface area contributed by atoms with Gasteiger partial charge in [0.15, 0.2) is 28.8 Å². The number of nitrogens with one attached hydrogen (secondary N) is 1. The van der Waals surface area contributed by atoms with Crippen LogP contribution in [-0.4, -0.2) is 53.9 Å². The van der Waals surface area contributed by atoms with Gasteiger partial charge in [0, 0.05) is 5.56 Å². The number of para-hydroxylation sites is 2. The first-order valence-corrected chi connectivity index (χ1v) is 13.5. The minimum atomic E-state index is -0.490. The maximum Gasteiger partial charge on any atom is 0.283 e. The fourth-order valence-corrected chi connectivity index (χ4v) is 4.91. The summed E-state index contributed by atoms with van der Waals surface area (Å²) in [6.45, 7) is 4.92. The molecule has 2 aliphatic heterocycles. The van der Waals surface area contributed by atoms with Crippen LogP contribution in [0.15, 0.2) is 82.4 Å². The van der Waals surface area contributed by atoms with E-state index in [1.165, 1.54) is 16.8 Å². The topological polar surface area (TPSA) is 106 Å². The molecule has 0 fully saturated rings. The van der Waals surface area contributed by atoms with E-state index in [-0.39, 0.29) is 18.0 Å². The van der Waals surface area contributed by atoms with Crippen LogP contribution in [0.4, 0.5) is 0 Å². The molecular formula is C30H28N4O5S. The van der Waals surface area contributed by atoms with E-state index >= 15 is 0 Å². The Balaban J connectivity index is 1.30. The summed E-state index contributed by atoms with van der Waals surface area (Å²) in [4.78, 5) is 17.1. The third-order valence-electron chi connectivity index (χ3n) is 6.00. The number of benzene rings is 3. The molecule has 1 amide bonds. The number of aliphatic imine (C=N–C) groups is 1. The molecule has 0 aliphatic carbocycles. The average molecular weight is 557 g/mol. The average Bonchev–Trinajstić information content (AvgIpc) is 3.39. The van der Waals surface area contributed by atoms with Gasteiger partial charge in [-0.1, -0.05) is 48.0 Å². The number of fused-ring (bicyclic) bond motifs is 1. The van der Waals surface area contributed by atoms with Crippen LogP contribution in [0, 0.1) is 12.3 Å². The molecule has 2 aliphatic rings. The van der Waals surface area contributed by atoms with Crippen LogP contribution in [0.25, 0.3) is 6.08 Å². The van der Waals surface area contributed by atoms with Gasteiger partial charge in [0.25, 0.3) is 5.91 Å². The molecule has 204 valence electrons. The molecule has 10 heteroatoms. The van der Waals surface area contributed by atoms with Crippen molar-refractivity contribution >= 4 is 39.8 Å². The van der Waals surface area contributed by atoms with Crippen molar-refractivity contribution in [1.82, 2.24) is 5.01 Å². The highest BCUT2D eigenvalue weighted by molar-refractivity contribution is 8.27. The number of hydrogen-bond donors (Lipinski definition) is 1. The Morgan fingerprint density at radius 3 is 2.33 bits per heavy atom. The standard InChI is InChI=1S/C30H28N4O5S/c1-4-37-26-18-20(11-14-25(26)39-16-15-38-24-8-6-5-7-23(24)36-3)17-22-27(31)34-30(32-28(22)35)40-29(33-34)21-12-9-19(2)10-13-21/h5-14,17-18,31H,4,15-16H2,1-3H3. The predicted octanol–water partition coefficient (Wildman–Crippen LogP) is 5.53. The first kappa shape index (κ1) is 27.0. The quantitative estimate of drug-likeness (QED) is 0.259. The maximum atomic E-state index is 12.9. The van der Waals surface area contributed by atoms with Crippen molar-refractivity contribution in [3.05, 3.63) is 89.0 Å². The molecule has 0 saturated heterocycles. The summed E-state index contributed by atoms with van der Waals surface area (Å²) in [5.41, 5.74) is 2.85. The first-order chi connectivity index (χ1) is 19.5. The van der Waals surface area contributed by atoms with Gasteiger partial charge >= 0.3 is 0 Å². The summed E-state index contributed by atoms with van der Waals surface area (Å²) in [7, 11) is 1.59. The normalized spacial score (nSPS) is 15.5. The van der Waals surface area contributed by atoms with E-state index < -0.39 is 5.91 Å². The lowest BCUT2D eigenvalue weighted by molar-refractivity contribution is -0.114. The zero-order valence-corrected chi connectivity index (χ0v) is 23.2. The number of ether oxygens (including phenoxy) is 4. The SMILES string of the molecule is CCOc1cc(C=C2C(=N)N3N=C(c4ccc(C)cc4)SC3=NC2=O)ccc1OCCOc1ccccc1OC. The van der Waals surface area contributed by atoms with Gasteiger partial charge in [-0.05, 0) is 61.5 Å². The Morgan fingerprint density at radius 2 is 1.62 bits per heavy atom. The summed E-state index contributed by atoms with van der Waals surface area (Å²) in [5.74, 6) is 1.83. The summed E-state index contributed by atoms with van der Waals surface area (Å²) in [6, 6.07) is 20.7. The van der Waals surface area contributed by atoms with Gasteiger partial charge in [0.05, 0.1) is 19.3 Å². The molecule has 0 spiro atoms. The number of nitrogens with zero attached hydrogens (tertiary/aromatic N) is 3. The van der Waals surface area contributed by atoms with Gasteiger partial charge in [-0.2, -0.15) is 15.1 Å². The van der Waals surface area contributed by atoms with Crippen molar-refractivity contribution < 1.29 is 23.7 Å². The molecule has 0 radical (unpaired) electrons. The summed E-state index contributed by atoms with van der Waals surface area (Å²) in [6.07, 6.45) is 1.62. The third-order valence-corrected chi connectivity index (χ3v) is 6.96. The zero-order chi connectivity index (χ0) is 28.1. The summed E-state index contributed by atoms with van der Waals surface area (Å²) in [5, 5.41) is 15.7. The van der Waals surface area contributed by atoms with E-state index in [0.29, 0.717) is 52.0 Å². The van der Waals surface area contributed by atoms with Crippen molar-refractivity contribution in [3.63, 3.8) is 0 Å². The van der Waals surface area contributed by atoms with Gasteiger partial charge in [-0.25, -0.2) is 0 Å². The van der Waals surface area contributed by atoms with Crippen LogP contribution in [0.5, 0.6) is 23.0 Å². The van der Waals surface area contributed by atoms with Gasteiger partial charge in [0.1, 0.15) is 18.3 Å². The number of aryl methyl sites for hydroxylation is 1. The van der Waals surface area contributed by atoms with Gasteiger partial charge in [-0.3, -0.25) is 10.2 Å². The molecule has 2 heterocycles. The summed E-state index contributed by atoms with van der Waals surface area (Å²) >= 11 is 1.27. The monoisotopic (exact) mass is 556 g/mol. The lowest BCUT2D eigenvalue weighted by Gasteiger charge is -2.20. The molecule has 0 saturated carbocycles. The van der Waals surface area contributed by atoms with Crippen LogP contribution in [0.3, 0.4) is 0 Å². The number of hydrazone groups is 1. The lowest BCUT2D eigenvalue weighted by Crippen LogP contribution is -2.35. The Hall–Kier alpha value is -4.57. The lowest BCUT2D eigenvalue weighted by atomic mass is 10.1. The first-order valence-electron chi connectivity index (χ1n) is 12.7. The fourth-order valence-electron chi connectivity index (χ4n) is 4.01. The van der Waals surface area contributed by atoms with E-state index in [1.807, 2.05) is 62.4 Å². The largest absolute Gasteiger partial charge is 0.493 e. The van der Waals surface area contributed by atoms with Gasteiger partial charge in [0.2, 0.25) is 5.17 Å². The van der Waals surface area contributed by atoms with E-state index in [0.717, 1.165) is 11.1 Å². The Kier molecular flexibility index (Phi) is 8.16. The second-order valence-electron chi connectivity index (χ2n) is 8.78. The van der Waals surface area contributed by atoms with Crippen molar-refractivity contribution in [2.75, 3.05) is 26.9 Å². The van der Waals surface area contributed by atoms with E-state index in [9.17, 15) is 4.79 Å². The maximum absolute atomic E-state index is 12.9. The van der Waals surface area contributed by atoms with Crippen LogP contribution in [0.2, 0.25) is 0 Å². The van der Waals surface area contributed by atoms with E-state index in [2.05, 4.69) is 10.1 Å². The van der Waals surface area contributed by atoms with Crippen LogP contribution in [-0.2, 0) is 4.79 Å². The van der Waals surface area contributed by atoms with Crippen molar-refractivity contribution in [2.24, 2.45) is 10.1 Å². The number of carbonyl (C=O) groups excluding carboxylic acids is 1. The highest BCUT2D eigenvalue weighted by Crippen LogP contribution is 2.33.